The monoisotopic (exact) mass is 260 g/mol. The molecule has 5 nitrogen and oxygen atoms in total. The Morgan fingerprint density at radius 1 is 1.50 bits per heavy atom. The number of halogens is 2. The van der Waals surface area contributed by atoms with Crippen molar-refractivity contribution in [2.45, 2.75) is 25.8 Å². The third kappa shape index (κ3) is 4.17. The van der Waals surface area contributed by atoms with E-state index in [0.717, 1.165) is 11.1 Å². The van der Waals surface area contributed by atoms with Crippen molar-refractivity contribution in [3.05, 3.63) is 23.4 Å². The Bertz CT molecular complexity index is 356. The van der Waals surface area contributed by atoms with E-state index in [0.29, 0.717) is 12.2 Å². The summed E-state index contributed by atoms with van der Waals surface area (Å²) in [7, 11) is 0. The van der Waals surface area contributed by atoms with Gasteiger partial charge in [-0.25, -0.2) is 13.8 Å². The fourth-order valence-corrected chi connectivity index (χ4v) is 1.73. The summed E-state index contributed by atoms with van der Waals surface area (Å²) in [6.45, 7) is 1.49. The van der Waals surface area contributed by atoms with Crippen LogP contribution in [0.25, 0.3) is 0 Å². The van der Waals surface area contributed by atoms with Crippen molar-refractivity contribution in [2.24, 2.45) is 5.84 Å². The minimum atomic E-state index is -2.46. The molecule has 0 saturated heterocycles. The molecule has 0 radical (unpaired) electrons. The molecule has 0 saturated carbocycles. The minimum Gasteiger partial charge on any atom is -0.383 e. The molecule has 5 N–H and O–H groups in total. The van der Waals surface area contributed by atoms with Crippen LogP contribution in [0.5, 0.6) is 0 Å². The maximum atomic E-state index is 11.9. The molecule has 0 fully saturated rings. The maximum absolute atomic E-state index is 11.9. The van der Waals surface area contributed by atoms with Crippen LogP contribution >= 0.6 is 0 Å². The van der Waals surface area contributed by atoms with Gasteiger partial charge in [0, 0.05) is 18.4 Å². The molecular weight excluding hydrogens is 242 g/mol. The molecule has 1 unspecified atom stereocenters. The average Bonchev–Trinajstić information content (AvgIpc) is 2.31. The van der Waals surface area contributed by atoms with Crippen LogP contribution in [-0.4, -0.2) is 24.6 Å². The van der Waals surface area contributed by atoms with Gasteiger partial charge in [0.2, 0.25) is 0 Å². The van der Waals surface area contributed by atoms with Crippen molar-refractivity contribution < 1.29 is 13.5 Å². The van der Waals surface area contributed by atoms with E-state index >= 15 is 0 Å². The molecule has 0 amide bonds. The van der Waals surface area contributed by atoms with Gasteiger partial charge in [0.25, 0.3) is 6.43 Å². The SMILES string of the molecule is Cc1ccnc(N)c1C(CCOCC(F)F)NN. The molecule has 1 heterocycles. The van der Waals surface area contributed by atoms with Gasteiger partial charge >= 0.3 is 0 Å². The molecule has 7 heteroatoms. The summed E-state index contributed by atoms with van der Waals surface area (Å²) in [6, 6.07) is 1.55. The van der Waals surface area contributed by atoms with Crippen LogP contribution in [0.1, 0.15) is 23.6 Å². The van der Waals surface area contributed by atoms with Gasteiger partial charge in [-0.1, -0.05) is 0 Å². The van der Waals surface area contributed by atoms with Crippen LogP contribution in [0.3, 0.4) is 0 Å². The van der Waals surface area contributed by atoms with Gasteiger partial charge in [-0.3, -0.25) is 11.3 Å². The van der Waals surface area contributed by atoms with E-state index in [1.165, 1.54) is 0 Å². The first-order valence-electron chi connectivity index (χ1n) is 5.59. The summed E-state index contributed by atoms with van der Waals surface area (Å²) in [5.41, 5.74) is 10.1. The Hall–Kier alpha value is -1.31. The number of hydrogen-bond acceptors (Lipinski definition) is 5. The Morgan fingerprint density at radius 2 is 2.22 bits per heavy atom. The highest BCUT2D eigenvalue weighted by molar-refractivity contribution is 5.45. The molecule has 0 bridgehead atoms. The molecular formula is C11H18F2N4O. The number of nitrogens with one attached hydrogen (secondary N) is 1. The molecule has 102 valence electrons. The number of nitrogen functional groups attached to an aromatic ring is 1. The molecule has 0 spiro atoms. The van der Waals surface area contributed by atoms with Gasteiger partial charge < -0.3 is 10.5 Å². The number of hydrazine groups is 1. The highest BCUT2D eigenvalue weighted by Gasteiger charge is 2.16. The van der Waals surface area contributed by atoms with Crippen molar-refractivity contribution in [1.82, 2.24) is 10.4 Å². The zero-order valence-corrected chi connectivity index (χ0v) is 10.2. The van der Waals surface area contributed by atoms with E-state index in [1.54, 1.807) is 6.20 Å². The average molecular weight is 260 g/mol. The van der Waals surface area contributed by atoms with Crippen molar-refractivity contribution in [2.75, 3.05) is 18.9 Å². The van der Waals surface area contributed by atoms with Crippen LogP contribution < -0.4 is 17.0 Å². The predicted octanol–water partition coefficient (Wildman–Crippen LogP) is 1.15. The lowest BCUT2D eigenvalue weighted by Crippen LogP contribution is -2.30. The fourth-order valence-electron chi connectivity index (χ4n) is 1.73. The van der Waals surface area contributed by atoms with Gasteiger partial charge in [0.1, 0.15) is 12.4 Å². The Balaban J connectivity index is 2.60. The zero-order valence-electron chi connectivity index (χ0n) is 10.2. The van der Waals surface area contributed by atoms with Crippen LogP contribution in [0.15, 0.2) is 12.3 Å². The molecule has 1 atom stereocenters. The molecule has 0 aromatic carbocycles. The molecule has 0 aliphatic heterocycles. The summed E-state index contributed by atoms with van der Waals surface area (Å²) in [5, 5.41) is 0. The quantitative estimate of drug-likeness (QED) is 0.389. The second kappa shape index (κ2) is 7.20. The normalized spacial score (nSPS) is 12.9. The lowest BCUT2D eigenvalue weighted by molar-refractivity contribution is 0.0143. The topological polar surface area (TPSA) is 86.2 Å². The number of anilines is 1. The third-order valence-electron chi connectivity index (χ3n) is 2.58. The third-order valence-corrected chi connectivity index (χ3v) is 2.58. The summed E-state index contributed by atoms with van der Waals surface area (Å²) >= 11 is 0. The number of nitrogens with two attached hydrogens (primary N) is 2. The molecule has 0 aliphatic rings. The second-order valence-corrected chi connectivity index (χ2v) is 3.90. The smallest absolute Gasteiger partial charge is 0.261 e. The lowest BCUT2D eigenvalue weighted by Gasteiger charge is -2.19. The van der Waals surface area contributed by atoms with Gasteiger partial charge in [-0.15, -0.1) is 0 Å². The number of rotatable bonds is 7. The first-order chi connectivity index (χ1) is 8.56. The molecule has 1 aromatic rings. The lowest BCUT2D eigenvalue weighted by atomic mass is 10.0. The van der Waals surface area contributed by atoms with Crippen LogP contribution in [0.4, 0.5) is 14.6 Å². The fraction of sp³-hybridized carbons (Fsp3) is 0.545. The van der Waals surface area contributed by atoms with Crippen LogP contribution in [0, 0.1) is 6.92 Å². The van der Waals surface area contributed by atoms with E-state index in [-0.39, 0.29) is 12.6 Å². The van der Waals surface area contributed by atoms with Crippen LogP contribution in [-0.2, 0) is 4.74 Å². The van der Waals surface area contributed by atoms with Gasteiger partial charge in [-0.2, -0.15) is 0 Å². The largest absolute Gasteiger partial charge is 0.383 e. The minimum absolute atomic E-state index is 0.174. The first-order valence-corrected chi connectivity index (χ1v) is 5.59. The van der Waals surface area contributed by atoms with Crippen LogP contribution in [0.2, 0.25) is 0 Å². The van der Waals surface area contributed by atoms with E-state index in [4.69, 9.17) is 16.3 Å². The van der Waals surface area contributed by atoms with E-state index in [2.05, 4.69) is 10.4 Å². The molecule has 18 heavy (non-hydrogen) atoms. The first kappa shape index (κ1) is 14.7. The van der Waals surface area contributed by atoms with Gasteiger partial charge in [-0.05, 0) is 25.0 Å². The Kier molecular flexibility index (Phi) is 5.90. The highest BCUT2D eigenvalue weighted by atomic mass is 19.3. The molecule has 1 rings (SSSR count). The molecule has 1 aromatic heterocycles. The Morgan fingerprint density at radius 3 is 2.78 bits per heavy atom. The summed E-state index contributed by atoms with van der Waals surface area (Å²) < 4.78 is 28.6. The standard InChI is InChI=1S/C11H18F2N4O/c1-7-2-4-16-11(14)10(7)8(17-15)3-5-18-6-9(12)13/h2,4,8-9,17H,3,5-6,15H2,1H3,(H2,14,16). The summed E-state index contributed by atoms with van der Waals surface area (Å²) in [6.07, 6.45) is -0.408. The van der Waals surface area contributed by atoms with E-state index < -0.39 is 13.0 Å². The van der Waals surface area contributed by atoms with Crippen molar-refractivity contribution in [3.63, 3.8) is 0 Å². The number of ether oxygens (including phenoxy) is 1. The van der Waals surface area contributed by atoms with Crippen molar-refractivity contribution >= 4 is 5.82 Å². The highest BCUT2D eigenvalue weighted by Crippen LogP contribution is 2.24. The number of alkyl halides is 2. The molecule has 0 aliphatic carbocycles. The van der Waals surface area contributed by atoms with Gasteiger partial charge in [0.15, 0.2) is 0 Å². The summed E-state index contributed by atoms with van der Waals surface area (Å²) in [4.78, 5) is 3.99. The van der Waals surface area contributed by atoms with E-state index in [1.807, 2.05) is 13.0 Å². The number of aromatic nitrogens is 1. The number of nitrogens with zero attached hydrogens (tertiary/aromatic N) is 1. The van der Waals surface area contributed by atoms with Gasteiger partial charge in [0.05, 0.1) is 6.04 Å². The van der Waals surface area contributed by atoms with E-state index in [9.17, 15) is 8.78 Å². The van der Waals surface area contributed by atoms with Crippen molar-refractivity contribution in [3.8, 4) is 0 Å². The summed E-state index contributed by atoms with van der Waals surface area (Å²) in [5.74, 6) is 5.83. The number of pyridine rings is 1. The predicted molar refractivity (Wildman–Crippen MR) is 64.9 cm³/mol. The maximum Gasteiger partial charge on any atom is 0.261 e. The number of hydrogen-bond donors (Lipinski definition) is 3. The second-order valence-electron chi connectivity index (χ2n) is 3.90. The Labute approximate surface area is 104 Å². The van der Waals surface area contributed by atoms with Crippen molar-refractivity contribution in [1.29, 1.82) is 0 Å². The zero-order chi connectivity index (χ0) is 13.5. The number of aryl methyl sites for hydroxylation is 1.